The van der Waals surface area contributed by atoms with Crippen molar-refractivity contribution >= 4 is 17.3 Å². The topological polar surface area (TPSA) is 111 Å². The van der Waals surface area contributed by atoms with Gasteiger partial charge in [0, 0.05) is 28.8 Å². The molecule has 0 aliphatic heterocycles. The molecule has 0 fully saturated rings. The van der Waals surface area contributed by atoms with Gasteiger partial charge in [-0.15, -0.1) is 10.2 Å². The van der Waals surface area contributed by atoms with Crippen molar-refractivity contribution < 1.29 is 14.1 Å². The Morgan fingerprint density at radius 3 is 2.06 bits per heavy atom. The highest BCUT2D eigenvalue weighted by Crippen LogP contribution is 2.25. The van der Waals surface area contributed by atoms with E-state index in [1.807, 2.05) is 31.2 Å². The first-order valence-electron chi connectivity index (χ1n) is 9.48. The number of aryl methyl sites for hydroxylation is 2. The third kappa shape index (κ3) is 4.32. The number of carbonyl (C=O) groups excluding carboxylic acids is 1. The molecule has 0 aliphatic rings. The van der Waals surface area contributed by atoms with Crippen LogP contribution in [0.25, 0.3) is 22.9 Å². The summed E-state index contributed by atoms with van der Waals surface area (Å²) in [6.45, 7) is 3.77. The zero-order chi connectivity index (χ0) is 22.0. The number of nitro benzene ring substituents is 1. The van der Waals surface area contributed by atoms with Gasteiger partial charge in [-0.3, -0.25) is 14.9 Å². The highest BCUT2D eigenvalue weighted by atomic mass is 16.6. The molecule has 0 bridgehead atoms. The molecule has 0 radical (unpaired) electrons. The quantitative estimate of drug-likeness (QED) is 0.356. The summed E-state index contributed by atoms with van der Waals surface area (Å²) in [6, 6.07) is 18.8. The van der Waals surface area contributed by atoms with E-state index in [2.05, 4.69) is 15.5 Å². The van der Waals surface area contributed by atoms with E-state index in [0.29, 0.717) is 28.6 Å². The molecule has 0 unspecified atom stereocenters. The van der Waals surface area contributed by atoms with Gasteiger partial charge >= 0.3 is 0 Å². The summed E-state index contributed by atoms with van der Waals surface area (Å²) in [7, 11) is 0. The normalized spacial score (nSPS) is 10.6. The Kier molecular flexibility index (Phi) is 5.28. The number of hydrogen-bond acceptors (Lipinski definition) is 6. The Labute approximate surface area is 177 Å². The van der Waals surface area contributed by atoms with Gasteiger partial charge in [-0.1, -0.05) is 23.8 Å². The van der Waals surface area contributed by atoms with E-state index in [1.165, 1.54) is 12.1 Å². The summed E-state index contributed by atoms with van der Waals surface area (Å²) in [5, 5.41) is 21.9. The van der Waals surface area contributed by atoms with Gasteiger partial charge in [0.2, 0.25) is 11.8 Å². The van der Waals surface area contributed by atoms with Gasteiger partial charge in [0.05, 0.1) is 10.6 Å². The van der Waals surface area contributed by atoms with Crippen molar-refractivity contribution in [3.05, 3.63) is 93.5 Å². The fourth-order valence-electron chi connectivity index (χ4n) is 2.97. The maximum absolute atomic E-state index is 12.6. The lowest BCUT2D eigenvalue weighted by atomic mass is 10.1. The molecule has 0 saturated heterocycles. The predicted octanol–water partition coefficient (Wildman–Crippen LogP) is 5.18. The molecule has 1 heterocycles. The van der Waals surface area contributed by atoms with Crippen LogP contribution in [0.15, 0.2) is 71.1 Å². The first-order valence-corrected chi connectivity index (χ1v) is 9.48. The zero-order valence-electron chi connectivity index (χ0n) is 16.8. The average molecular weight is 414 g/mol. The monoisotopic (exact) mass is 414 g/mol. The molecule has 0 spiro atoms. The van der Waals surface area contributed by atoms with Crippen molar-refractivity contribution in [3.8, 4) is 22.9 Å². The van der Waals surface area contributed by atoms with E-state index in [-0.39, 0.29) is 11.6 Å². The Hall–Kier alpha value is -4.33. The minimum absolute atomic E-state index is 0.0861. The maximum Gasteiger partial charge on any atom is 0.271 e. The van der Waals surface area contributed by atoms with E-state index in [1.54, 1.807) is 37.3 Å². The third-order valence-electron chi connectivity index (χ3n) is 4.80. The molecule has 0 saturated carbocycles. The van der Waals surface area contributed by atoms with Crippen LogP contribution in [-0.4, -0.2) is 21.0 Å². The fraction of sp³-hybridized carbons (Fsp3) is 0.0870. The number of carbonyl (C=O) groups is 1. The van der Waals surface area contributed by atoms with Gasteiger partial charge in [0.1, 0.15) is 0 Å². The van der Waals surface area contributed by atoms with E-state index in [4.69, 9.17) is 4.42 Å². The van der Waals surface area contributed by atoms with Gasteiger partial charge in [-0.05, 0) is 55.8 Å². The number of nitrogens with zero attached hydrogens (tertiary/aromatic N) is 3. The smallest absolute Gasteiger partial charge is 0.271 e. The molecule has 8 nitrogen and oxygen atoms in total. The summed E-state index contributed by atoms with van der Waals surface area (Å²) in [5.41, 5.74) is 4.07. The first kappa shape index (κ1) is 20.0. The number of benzene rings is 3. The zero-order valence-corrected chi connectivity index (χ0v) is 16.8. The highest BCUT2D eigenvalue weighted by Gasteiger charge is 2.14. The number of non-ortho nitro benzene ring substituents is 1. The van der Waals surface area contributed by atoms with E-state index in [9.17, 15) is 14.9 Å². The SMILES string of the molecule is Cc1ccc(-c2nnc(-c3ccc(C(=O)Nc4cc([N+](=O)[O-])ccc4C)cc3)o2)cc1. The van der Waals surface area contributed by atoms with E-state index >= 15 is 0 Å². The number of aromatic nitrogens is 2. The van der Waals surface area contributed by atoms with Gasteiger partial charge in [0.15, 0.2) is 0 Å². The van der Waals surface area contributed by atoms with Crippen LogP contribution in [0.2, 0.25) is 0 Å². The molecule has 0 atom stereocenters. The molecule has 3 aromatic carbocycles. The molecule has 1 N–H and O–H groups in total. The predicted molar refractivity (Wildman–Crippen MR) is 116 cm³/mol. The van der Waals surface area contributed by atoms with Crippen molar-refractivity contribution in [3.63, 3.8) is 0 Å². The van der Waals surface area contributed by atoms with Gasteiger partial charge in [0.25, 0.3) is 11.6 Å². The largest absolute Gasteiger partial charge is 0.416 e. The second-order valence-corrected chi connectivity index (χ2v) is 7.07. The number of hydrogen-bond donors (Lipinski definition) is 1. The molecule has 1 aromatic heterocycles. The lowest BCUT2D eigenvalue weighted by molar-refractivity contribution is -0.384. The minimum Gasteiger partial charge on any atom is -0.416 e. The summed E-state index contributed by atoms with van der Waals surface area (Å²) in [6.07, 6.45) is 0. The molecule has 1 amide bonds. The molecule has 4 aromatic rings. The van der Waals surface area contributed by atoms with Crippen LogP contribution < -0.4 is 5.32 Å². The van der Waals surface area contributed by atoms with Crippen LogP contribution in [0, 0.1) is 24.0 Å². The fourth-order valence-corrected chi connectivity index (χ4v) is 2.97. The lowest BCUT2D eigenvalue weighted by Crippen LogP contribution is -2.12. The minimum atomic E-state index is -0.501. The Morgan fingerprint density at radius 2 is 1.48 bits per heavy atom. The number of nitrogens with one attached hydrogen (secondary N) is 1. The highest BCUT2D eigenvalue weighted by molar-refractivity contribution is 6.05. The number of amides is 1. The lowest BCUT2D eigenvalue weighted by Gasteiger charge is -2.08. The molecular formula is C23H18N4O4. The van der Waals surface area contributed by atoms with Crippen LogP contribution in [0.1, 0.15) is 21.5 Å². The third-order valence-corrected chi connectivity index (χ3v) is 4.80. The maximum atomic E-state index is 12.6. The second kappa shape index (κ2) is 8.19. The molecule has 0 aliphatic carbocycles. The first-order chi connectivity index (χ1) is 14.9. The summed E-state index contributed by atoms with van der Waals surface area (Å²) >= 11 is 0. The number of rotatable bonds is 5. The number of nitro groups is 1. The van der Waals surface area contributed by atoms with E-state index < -0.39 is 4.92 Å². The van der Waals surface area contributed by atoms with Crippen molar-refractivity contribution in [1.29, 1.82) is 0 Å². The molecule has 4 rings (SSSR count). The number of anilines is 1. The van der Waals surface area contributed by atoms with Crippen molar-refractivity contribution in [2.45, 2.75) is 13.8 Å². The molecule has 8 heteroatoms. The van der Waals surface area contributed by atoms with Crippen LogP contribution in [0.5, 0.6) is 0 Å². The summed E-state index contributed by atoms with van der Waals surface area (Å²) in [5.74, 6) is 0.385. The van der Waals surface area contributed by atoms with E-state index in [0.717, 1.165) is 16.7 Å². The van der Waals surface area contributed by atoms with Gasteiger partial charge < -0.3 is 9.73 Å². The van der Waals surface area contributed by atoms with Crippen molar-refractivity contribution in [2.24, 2.45) is 0 Å². The summed E-state index contributed by atoms with van der Waals surface area (Å²) < 4.78 is 5.76. The average Bonchev–Trinajstić information content (AvgIpc) is 3.26. The van der Waals surface area contributed by atoms with Gasteiger partial charge in [-0.25, -0.2) is 0 Å². The molecule has 154 valence electrons. The van der Waals surface area contributed by atoms with Crippen LogP contribution in [0.4, 0.5) is 11.4 Å². The van der Waals surface area contributed by atoms with Crippen molar-refractivity contribution in [1.82, 2.24) is 10.2 Å². The summed E-state index contributed by atoms with van der Waals surface area (Å²) in [4.78, 5) is 23.1. The van der Waals surface area contributed by atoms with Crippen LogP contribution >= 0.6 is 0 Å². The van der Waals surface area contributed by atoms with Gasteiger partial charge in [-0.2, -0.15) is 0 Å². The van der Waals surface area contributed by atoms with Crippen LogP contribution in [0.3, 0.4) is 0 Å². The van der Waals surface area contributed by atoms with Crippen molar-refractivity contribution in [2.75, 3.05) is 5.32 Å². The Morgan fingerprint density at radius 1 is 0.903 bits per heavy atom. The molecule has 31 heavy (non-hydrogen) atoms. The second-order valence-electron chi connectivity index (χ2n) is 7.07. The Bertz CT molecular complexity index is 1260. The Balaban J connectivity index is 1.51. The van der Waals surface area contributed by atoms with Crippen LogP contribution in [-0.2, 0) is 0 Å². The molecular weight excluding hydrogens is 396 g/mol. The standard InChI is InChI=1S/C23H18N4O4/c1-14-3-6-17(7-4-14)22-25-26-23(31-22)18-10-8-16(9-11-18)21(28)24-20-13-19(27(29)30)12-5-15(20)2/h3-13H,1-2H3,(H,24,28).